The standard InChI is InChI=1S/C9H11Cl3N2O3/c10-3-6(4-11)17-8(5-12)14-2-1-7(15)13-9(14)16/h1-2,6,8H,3-5H2,(H,13,15,16)/t8-/m1/s1. The topological polar surface area (TPSA) is 64.1 Å². The number of alkyl halides is 3. The second kappa shape index (κ2) is 7.06. The predicted octanol–water partition coefficient (Wildman–Crippen LogP) is 1.14. The lowest BCUT2D eigenvalue weighted by molar-refractivity contribution is -0.0221. The van der Waals surface area contributed by atoms with Gasteiger partial charge in [-0.2, -0.15) is 0 Å². The van der Waals surface area contributed by atoms with Crippen LogP contribution >= 0.6 is 34.8 Å². The Labute approximate surface area is 112 Å². The van der Waals surface area contributed by atoms with E-state index < -0.39 is 23.6 Å². The summed E-state index contributed by atoms with van der Waals surface area (Å²) in [5, 5.41) is 0. The first kappa shape index (κ1) is 14.6. The van der Waals surface area contributed by atoms with Crippen molar-refractivity contribution in [2.24, 2.45) is 0 Å². The Balaban J connectivity index is 2.93. The Morgan fingerprint density at radius 1 is 1.24 bits per heavy atom. The summed E-state index contributed by atoms with van der Waals surface area (Å²) >= 11 is 17.0. The number of aromatic nitrogens is 2. The van der Waals surface area contributed by atoms with E-state index in [0.29, 0.717) is 0 Å². The lowest BCUT2D eigenvalue weighted by atomic mass is 10.4. The van der Waals surface area contributed by atoms with Crippen LogP contribution in [0.4, 0.5) is 0 Å². The van der Waals surface area contributed by atoms with Gasteiger partial charge >= 0.3 is 5.69 Å². The van der Waals surface area contributed by atoms with Crippen molar-refractivity contribution in [1.82, 2.24) is 9.55 Å². The molecule has 1 atom stereocenters. The summed E-state index contributed by atoms with van der Waals surface area (Å²) in [5.74, 6) is 0.417. The van der Waals surface area contributed by atoms with E-state index in [9.17, 15) is 9.59 Å². The highest BCUT2D eigenvalue weighted by atomic mass is 35.5. The first-order valence-electron chi connectivity index (χ1n) is 4.77. The maximum absolute atomic E-state index is 11.5. The summed E-state index contributed by atoms with van der Waals surface area (Å²) in [5.41, 5.74) is -1.07. The molecule has 0 unspecified atom stereocenters. The molecule has 1 rings (SSSR count). The zero-order valence-corrected chi connectivity index (χ0v) is 11.0. The Morgan fingerprint density at radius 3 is 2.35 bits per heavy atom. The van der Waals surface area contributed by atoms with Crippen molar-refractivity contribution >= 4 is 34.8 Å². The molecule has 0 saturated heterocycles. The van der Waals surface area contributed by atoms with E-state index in [1.807, 2.05) is 0 Å². The molecule has 5 nitrogen and oxygen atoms in total. The number of hydrogen-bond donors (Lipinski definition) is 1. The second-order valence-electron chi connectivity index (χ2n) is 3.19. The highest BCUT2D eigenvalue weighted by Crippen LogP contribution is 2.12. The predicted molar refractivity (Wildman–Crippen MR) is 67.4 cm³/mol. The Hall–Kier alpha value is -0.490. The highest BCUT2D eigenvalue weighted by molar-refractivity contribution is 6.21. The van der Waals surface area contributed by atoms with Gasteiger partial charge in [0.25, 0.3) is 5.56 Å². The van der Waals surface area contributed by atoms with Crippen LogP contribution in [0.5, 0.6) is 0 Å². The van der Waals surface area contributed by atoms with E-state index in [2.05, 4.69) is 4.98 Å². The monoisotopic (exact) mass is 300 g/mol. The average Bonchev–Trinajstić information content (AvgIpc) is 2.32. The maximum Gasteiger partial charge on any atom is 0.330 e. The molecule has 0 amide bonds. The third kappa shape index (κ3) is 4.03. The molecule has 8 heteroatoms. The quantitative estimate of drug-likeness (QED) is 0.801. The van der Waals surface area contributed by atoms with E-state index in [0.717, 1.165) is 0 Å². The van der Waals surface area contributed by atoms with E-state index in [4.69, 9.17) is 39.5 Å². The van der Waals surface area contributed by atoms with Crippen LogP contribution in [0.25, 0.3) is 0 Å². The number of H-pyrrole nitrogens is 1. The van der Waals surface area contributed by atoms with Gasteiger partial charge in [0.1, 0.15) is 0 Å². The SMILES string of the molecule is O=c1ccn([C@@H](CCl)OC(CCl)CCl)c(=O)[nH]1. The number of halogens is 3. The first-order chi connectivity index (χ1) is 8.12. The molecule has 1 aromatic rings. The van der Waals surface area contributed by atoms with Gasteiger partial charge in [-0.3, -0.25) is 14.3 Å². The van der Waals surface area contributed by atoms with Crippen molar-refractivity contribution in [3.63, 3.8) is 0 Å². The summed E-state index contributed by atoms with van der Waals surface area (Å²) in [7, 11) is 0. The smallest absolute Gasteiger partial charge is 0.330 e. The van der Waals surface area contributed by atoms with Crippen LogP contribution in [0.3, 0.4) is 0 Å². The molecule has 0 aliphatic rings. The first-order valence-corrected chi connectivity index (χ1v) is 6.37. The lowest BCUT2D eigenvalue weighted by Crippen LogP contribution is -2.35. The zero-order chi connectivity index (χ0) is 12.8. The molecule has 1 N–H and O–H groups in total. The van der Waals surface area contributed by atoms with E-state index in [-0.39, 0.29) is 17.6 Å². The molecule has 0 aliphatic heterocycles. The Bertz CT molecular complexity index is 455. The van der Waals surface area contributed by atoms with Gasteiger partial charge in [-0.05, 0) is 0 Å². The van der Waals surface area contributed by atoms with E-state index in [1.54, 1.807) is 0 Å². The van der Waals surface area contributed by atoms with Crippen molar-refractivity contribution in [2.45, 2.75) is 12.3 Å². The largest absolute Gasteiger partial charge is 0.351 e. The molecule has 96 valence electrons. The van der Waals surface area contributed by atoms with Gasteiger partial charge in [0.05, 0.1) is 12.0 Å². The summed E-state index contributed by atoms with van der Waals surface area (Å²) in [6.45, 7) is 0. The summed E-state index contributed by atoms with van der Waals surface area (Å²) in [6, 6.07) is 1.21. The van der Waals surface area contributed by atoms with Crippen molar-refractivity contribution in [3.05, 3.63) is 33.1 Å². The minimum Gasteiger partial charge on any atom is -0.351 e. The number of rotatable bonds is 6. The number of nitrogens with zero attached hydrogens (tertiary/aromatic N) is 1. The number of ether oxygens (including phenoxy) is 1. The van der Waals surface area contributed by atoms with Gasteiger partial charge in [0.15, 0.2) is 6.23 Å². The molecule has 0 spiro atoms. The molecule has 1 aromatic heterocycles. The van der Waals surface area contributed by atoms with Gasteiger partial charge in [0.2, 0.25) is 0 Å². The maximum atomic E-state index is 11.5. The van der Waals surface area contributed by atoms with Crippen LogP contribution in [0, 0.1) is 0 Å². The lowest BCUT2D eigenvalue weighted by Gasteiger charge is -2.21. The second-order valence-corrected chi connectivity index (χ2v) is 4.12. The molecular weight excluding hydrogens is 290 g/mol. The van der Waals surface area contributed by atoms with Crippen LogP contribution in [0.15, 0.2) is 21.9 Å². The normalized spacial score (nSPS) is 12.9. The third-order valence-electron chi connectivity index (χ3n) is 1.99. The van der Waals surface area contributed by atoms with Crippen molar-refractivity contribution in [2.75, 3.05) is 17.6 Å². The summed E-state index contributed by atoms with van der Waals surface area (Å²) in [4.78, 5) is 24.5. The van der Waals surface area contributed by atoms with Crippen LogP contribution in [-0.4, -0.2) is 33.3 Å². The van der Waals surface area contributed by atoms with Crippen LogP contribution in [-0.2, 0) is 4.74 Å². The van der Waals surface area contributed by atoms with Crippen molar-refractivity contribution < 1.29 is 4.74 Å². The molecule has 0 aliphatic carbocycles. The fourth-order valence-electron chi connectivity index (χ4n) is 1.17. The number of hydrogen-bond acceptors (Lipinski definition) is 3. The number of nitrogens with one attached hydrogen (secondary N) is 1. The molecule has 0 radical (unpaired) electrons. The van der Waals surface area contributed by atoms with Gasteiger partial charge in [-0.15, -0.1) is 34.8 Å². The summed E-state index contributed by atoms with van der Waals surface area (Å²) in [6.07, 6.45) is 0.178. The molecule has 1 heterocycles. The number of aromatic amines is 1. The van der Waals surface area contributed by atoms with E-state index in [1.165, 1.54) is 16.8 Å². The fraction of sp³-hybridized carbons (Fsp3) is 0.556. The minimum absolute atomic E-state index is 0.0379. The molecule has 0 aromatic carbocycles. The molecular formula is C9H11Cl3N2O3. The third-order valence-corrected chi connectivity index (χ3v) is 2.94. The van der Waals surface area contributed by atoms with Crippen molar-refractivity contribution in [1.29, 1.82) is 0 Å². The van der Waals surface area contributed by atoms with Gasteiger partial charge in [-0.1, -0.05) is 0 Å². The molecule has 0 saturated carbocycles. The van der Waals surface area contributed by atoms with Crippen LogP contribution < -0.4 is 11.2 Å². The van der Waals surface area contributed by atoms with Crippen LogP contribution in [0.2, 0.25) is 0 Å². The summed E-state index contributed by atoms with van der Waals surface area (Å²) < 4.78 is 6.63. The van der Waals surface area contributed by atoms with E-state index >= 15 is 0 Å². The van der Waals surface area contributed by atoms with Gasteiger partial charge in [0, 0.05) is 24.0 Å². The highest BCUT2D eigenvalue weighted by Gasteiger charge is 2.17. The van der Waals surface area contributed by atoms with Gasteiger partial charge < -0.3 is 4.74 Å². The van der Waals surface area contributed by atoms with Gasteiger partial charge in [-0.25, -0.2) is 4.79 Å². The Kier molecular flexibility index (Phi) is 6.05. The molecule has 0 fully saturated rings. The Morgan fingerprint density at radius 2 is 1.88 bits per heavy atom. The fourth-order valence-corrected chi connectivity index (χ4v) is 1.86. The average molecular weight is 302 g/mol. The van der Waals surface area contributed by atoms with Crippen LogP contribution in [0.1, 0.15) is 6.23 Å². The van der Waals surface area contributed by atoms with Crippen molar-refractivity contribution in [3.8, 4) is 0 Å². The zero-order valence-electron chi connectivity index (χ0n) is 8.74. The molecule has 17 heavy (non-hydrogen) atoms. The minimum atomic E-state index is -0.719. The molecule has 0 bridgehead atoms.